The zero-order valence-corrected chi connectivity index (χ0v) is 32.8. The van der Waals surface area contributed by atoms with Gasteiger partial charge >= 0.3 is 12.1 Å². The monoisotopic (exact) mass is 828 g/mol. The van der Waals surface area contributed by atoms with E-state index >= 15 is 0 Å². The van der Waals surface area contributed by atoms with Crippen LogP contribution in [0.4, 0.5) is 18.9 Å². The molecule has 3 amide bonds. The molecule has 0 aliphatic carbocycles. The number of halogens is 4. The summed E-state index contributed by atoms with van der Waals surface area (Å²) < 4.78 is 44.6. The van der Waals surface area contributed by atoms with Crippen LogP contribution in [0, 0.1) is 11.8 Å². The van der Waals surface area contributed by atoms with E-state index in [2.05, 4.69) is 25.7 Å². The summed E-state index contributed by atoms with van der Waals surface area (Å²) >= 11 is 6.54. The molecule has 4 aromatic rings. The number of aromatic nitrogens is 5. The lowest BCUT2D eigenvalue weighted by atomic mass is 9.98. The summed E-state index contributed by atoms with van der Waals surface area (Å²) in [5, 5.41) is 19.0. The summed E-state index contributed by atoms with van der Waals surface area (Å²) in [6, 6.07) is 7.48. The van der Waals surface area contributed by atoms with Crippen LogP contribution in [0.25, 0.3) is 17.1 Å². The number of carboxylic acids is 1. The summed E-state index contributed by atoms with van der Waals surface area (Å²) in [5.41, 5.74) is 5.19. The molecule has 16 nitrogen and oxygen atoms in total. The zero-order valence-electron chi connectivity index (χ0n) is 32.1. The molecule has 5 heterocycles. The Balaban J connectivity index is 1.06. The highest BCUT2D eigenvalue weighted by molar-refractivity contribution is 6.34. The third-order valence-electron chi connectivity index (χ3n) is 10.6. The number of hydrogen-bond donors (Lipinski definition) is 5. The lowest BCUT2D eigenvalue weighted by Crippen LogP contribution is -3.14. The van der Waals surface area contributed by atoms with Gasteiger partial charge < -0.3 is 40.7 Å². The minimum absolute atomic E-state index is 0.00500. The maximum absolute atomic E-state index is 14.1. The molecule has 1 aromatic carbocycles. The number of benzene rings is 1. The predicted octanol–water partition coefficient (Wildman–Crippen LogP) is 1.94. The Labute approximate surface area is 337 Å². The smallest absolute Gasteiger partial charge is 0.435 e. The molecular formula is C38H46ClF3N11O5+. The number of nitrogens with two attached hydrogens (primary N) is 1. The second kappa shape index (κ2) is 18.0. The number of quaternary nitrogens is 1. The Morgan fingerprint density at radius 3 is 2.38 bits per heavy atom. The third-order valence-corrected chi connectivity index (χ3v) is 10.9. The van der Waals surface area contributed by atoms with Crippen LogP contribution in [0.15, 0.2) is 48.9 Å². The van der Waals surface area contributed by atoms with E-state index in [0.29, 0.717) is 44.0 Å². The van der Waals surface area contributed by atoms with Gasteiger partial charge in [0, 0.05) is 89.2 Å². The molecular weight excluding hydrogens is 783 g/mol. The van der Waals surface area contributed by atoms with Crippen molar-refractivity contribution in [3.63, 3.8) is 0 Å². The van der Waals surface area contributed by atoms with E-state index in [1.807, 2.05) is 6.92 Å². The summed E-state index contributed by atoms with van der Waals surface area (Å²) in [7, 11) is 1.40. The van der Waals surface area contributed by atoms with Crippen LogP contribution < -0.4 is 21.3 Å². The van der Waals surface area contributed by atoms with E-state index in [1.54, 1.807) is 15.9 Å². The molecule has 0 bridgehead atoms. The number of nitrogens with one attached hydrogen (secondary N) is 3. The molecule has 2 unspecified atom stereocenters. The van der Waals surface area contributed by atoms with Gasteiger partial charge in [0.05, 0.1) is 41.1 Å². The predicted molar refractivity (Wildman–Crippen MR) is 206 cm³/mol. The van der Waals surface area contributed by atoms with Crippen LogP contribution in [-0.2, 0) is 29.4 Å². The first kappa shape index (κ1) is 42.2. The van der Waals surface area contributed by atoms with Crippen molar-refractivity contribution in [3.8, 4) is 17.1 Å². The highest BCUT2D eigenvalue weighted by Gasteiger charge is 2.39. The number of carbonyl (C=O) groups is 4. The molecule has 0 saturated carbocycles. The van der Waals surface area contributed by atoms with Crippen molar-refractivity contribution >= 4 is 41.0 Å². The number of anilines is 1. The van der Waals surface area contributed by atoms with Gasteiger partial charge in [0.1, 0.15) is 0 Å². The van der Waals surface area contributed by atoms with Crippen LogP contribution in [0.3, 0.4) is 0 Å². The topological polar surface area (TPSA) is 198 Å². The Morgan fingerprint density at radius 2 is 1.79 bits per heavy atom. The average molecular weight is 829 g/mol. The standard InChI is InChI=1S/C38H45ClF3N11O5/c1-3-25(8-9-50(22-32(54)55)20-24-16-44-17-24)36(57)51-10-12-52(13-11-51)37(58)27-6-5-26(14-29(27)39)47-35(56)34-46-19-30(49(34)2)28-21-53(48-33(28)38(40,41)42)31-7-4-23(15-43)18-45-31/h4-7,14,18-19,21,24-25,44H,3,8-13,15-17,20,22,43H2,1-2H3,(H,47,56)(H,54,55)/p+1. The van der Waals surface area contributed by atoms with Crippen molar-refractivity contribution in [2.75, 3.05) is 64.2 Å². The maximum atomic E-state index is 14.1. The SMILES string of the molecule is CCC(CC[NH+](CC(=O)O)CC1CNC1)C(=O)N1CCN(C(=O)c2ccc(NC(=O)c3ncc(-c4cn(-c5ccc(CN)cn5)nc4C(F)(F)F)n3C)cc2Cl)CC1. The number of alkyl halides is 3. The molecule has 6 N–H and O–H groups in total. The van der Waals surface area contributed by atoms with Crippen molar-refractivity contribution in [2.45, 2.75) is 32.5 Å². The third kappa shape index (κ3) is 9.66. The van der Waals surface area contributed by atoms with Gasteiger partial charge in [-0.3, -0.25) is 14.4 Å². The minimum atomic E-state index is -4.83. The molecule has 58 heavy (non-hydrogen) atoms. The second-order valence-corrected chi connectivity index (χ2v) is 15.0. The molecule has 2 saturated heterocycles. The molecule has 0 spiro atoms. The number of imidazole rings is 1. The average Bonchev–Trinajstić information content (AvgIpc) is 3.80. The van der Waals surface area contributed by atoms with Gasteiger partial charge in [0.15, 0.2) is 23.9 Å². The molecule has 2 atom stereocenters. The van der Waals surface area contributed by atoms with Gasteiger partial charge in [-0.15, -0.1) is 0 Å². The summed E-state index contributed by atoms with van der Waals surface area (Å²) in [5.74, 6) is -1.81. The number of aliphatic carboxylic acids is 1. The molecule has 2 aliphatic heterocycles. The van der Waals surface area contributed by atoms with Gasteiger partial charge in [-0.05, 0) is 36.2 Å². The first-order valence-corrected chi connectivity index (χ1v) is 19.3. The fraction of sp³-hybridized carbons (Fsp3) is 0.447. The number of piperazine rings is 1. The first-order chi connectivity index (χ1) is 27.7. The highest BCUT2D eigenvalue weighted by Crippen LogP contribution is 2.37. The fourth-order valence-electron chi connectivity index (χ4n) is 7.20. The van der Waals surface area contributed by atoms with Crippen LogP contribution in [0.5, 0.6) is 0 Å². The Bertz CT molecular complexity index is 2130. The van der Waals surface area contributed by atoms with Gasteiger partial charge in [-0.25, -0.2) is 19.4 Å². The second-order valence-electron chi connectivity index (χ2n) is 14.5. The van der Waals surface area contributed by atoms with E-state index in [9.17, 15) is 37.5 Å². The molecule has 2 fully saturated rings. The van der Waals surface area contributed by atoms with Crippen molar-refractivity contribution < 1.29 is 42.4 Å². The van der Waals surface area contributed by atoms with Gasteiger partial charge in [0.2, 0.25) is 5.91 Å². The van der Waals surface area contributed by atoms with Crippen LogP contribution in [-0.4, -0.2) is 122 Å². The summed E-state index contributed by atoms with van der Waals surface area (Å²) in [6.45, 7) is 6.50. The number of rotatable bonds is 15. The quantitative estimate of drug-likeness (QED) is 0.118. The largest absolute Gasteiger partial charge is 0.477 e. The molecule has 310 valence electrons. The Hall–Kier alpha value is -5.37. The van der Waals surface area contributed by atoms with E-state index in [-0.39, 0.29) is 83.1 Å². The molecule has 20 heteroatoms. The zero-order chi connectivity index (χ0) is 41.7. The number of carbonyl (C=O) groups excluding carboxylic acids is 3. The lowest BCUT2D eigenvalue weighted by molar-refractivity contribution is -0.897. The van der Waals surface area contributed by atoms with Gasteiger partial charge in [0.25, 0.3) is 11.8 Å². The van der Waals surface area contributed by atoms with Gasteiger partial charge in [-0.2, -0.15) is 18.3 Å². The number of carboxylic acid groups (broad SMARTS) is 1. The first-order valence-electron chi connectivity index (χ1n) is 19.0. The maximum Gasteiger partial charge on any atom is 0.435 e. The van der Waals surface area contributed by atoms with Crippen LogP contribution in [0.2, 0.25) is 5.02 Å². The van der Waals surface area contributed by atoms with E-state index in [1.165, 1.54) is 42.1 Å². The lowest BCUT2D eigenvalue weighted by Gasteiger charge is -2.37. The number of amides is 3. The summed E-state index contributed by atoms with van der Waals surface area (Å²) in [6.07, 6.45) is 0.122. The molecule has 0 radical (unpaired) electrons. The summed E-state index contributed by atoms with van der Waals surface area (Å²) in [4.78, 5) is 64.3. The van der Waals surface area contributed by atoms with Crippen molar-refractivity contribution in [3.05, 3.63) is 76.6 Å². The molecule has 3 aromatic heterocycles. The number of pyridine rings is 1. The van der Waals surface area contributed by atoms with Crippen LogP contribution >= 0.6 is 11.6 Å². The molecule has 6 rings (SSSR count). The number of nitrogens with zero attached hydrogens (tertiary/aromatic N) is 7. The van der Waals surface area contributed by atoms with E-state index in [0.717, 1.165) is 41.6 Å². The van der Waals surface area contributed by atoms with Crippen molar-refractivity contribution in [2.24, 2.45) is 24.6 Å². The normalized spacial score (nSPS) is 15.8. The van der Waals surface area contributed by atoms with E-state index in [4.69, 9.17) is 17.3 Å². The van der Waals surface area contributed by atoms with Crippen molar-refractivity contribution in [1.29, 1.82) is 0 Å². The van der Waals surface area contributed by atoms with Crippen LogP contribution in [0.1, 0.15) is 52.0 Å². The van der Waals surface area contributed by atoms with E-state index < -0.39 is 23.7 Å². The fourth-order valence-corrected chi connectivity index (χ4v) is 7.46. The highest BCUT2D eigenvalue weighted by atomic mass is 35.5. The Kier molecular flexibility index (Phi) is 13.1. The van der Waals surface area contributed by atoms with Crippen molar-refractivity contribution in [1.82, 2.24) is 39.4 Å². The minimum Gasteiger partial charge on any atom is -0.477 e. The van der Waals surface area contributed by atoms with Gasteiger partial charge in [-0.1, -0.05) is 24.6 Å². The Morgan fingerprint density at radius 1 is 1.07 bits per heavy atom. The molecule has 2 aliphatic rings. The number of hydrogen-bond acceptors (Lipinski definition) is 9.